The van der Waals surface area contributed by atoms with Gasteiger partial charge in [-0.25, -0.2) is 9.78 Å². The standard InChI is InChI=1S/C15H22O2.C12H22O6.C6H12O4/c1-3-13-5-7-14(8-6-13)9-10-15(4-2,11-16)12-17;1-3-6-17-18-8-5-7-16-11(15)12(4-2,9-13)10-14;1-2-6(3-7,4-8)5(9)10/h3,5-8,16-17H,1,4,9-12H2,2H3;3,13-14H,1,4-10H2,2H3;7-8H,2-4H2,1H3,(H,9,10). The topological polar surface area (TPSA) is 203 Å². The van der Waals surface area contributed by atoms with Gasteiger partial charge in [0.05, 0.1) is 52.9 Å². The molecule has 1 aromatic rings. The molecule has 0 heterocycles. The van der Waals surface area contributed by atoms with Crippen molar-refractivity contribution < 1.29 is 59.8 Å². The van der Waals surface area contributed by atoms with Gasteiger partial charge in [-0.2, -0.15) is 0 Å². The van der Waals surface area contributed by atoms with Crippen LogP contribution in [0.3, 0.4) is 0 Å². The number of benzene rings is 1. The van der Waals surface area contributed by atoms with E-state index in [1.54, 1.807) is 19.9 Å². The fourth-order valence-electron chi connectivity index (χ4n) is 3.54. The van der Waals surface area contributed by atoms with Gasteiger partial charge in [0.1, 0.15) is 17.4 Å². The Hall–Kier alpha value is -2.68. The number of aliphatic carboxylic acids is 1. The molecular weight excluding hydrogens is 588 g/mol. The number of carboxylic acid groups (broad SMARTS) is 1. The Balaban J connectivity index is 0. The molecule has 0 spiro atoms. The zero-order valence-electron chi connectivity index (χ0n) is 27.2. The van der Waals surface area contributed by atoms with Gasteiger partial charge in [0.2, 0.25) is 0 Å². The summed E-state index contributed by atoms with van der Waals surface area (Å²) in [5.41, 5.74) is -0.549. The van der Waals surface area contributed by atoms with Crippen molar-refractivity contribution >= 4 is 18.0 Å². The van der Waals surface area contributed by atoms with Crippen molar-refractivity contribution in [2.24, 2.45) is 16.2 Å². The lowest BCUT2D eigenvalue weighted by Crippen LogP contribution is -2.39. The van der Waals surface area contributed by atoms with Gasteiger partial charge in [-0.1, -0.05) is 63.8 Å². The average Bonchev–Trinajstić information content (AvgIpc) is 3.08. The number of carboxylic acids is 1. The van der Waals surface area contributed by atoms with Crippen LogP contribution in [0.1, 0.15) is 64.0 Å². The van der Waals surface area contributed by atoms with Gasteiger partial charge < -0.3 is 40.5 Å². The van der Waals surface area contributed by atoms with Crippen molar-refractivity contribution in [2.75, 3.05) is 59.5 Å². The minimum absolute atomic E-state index is 0.0464. The summed E-state index contributed by atoms with van der Waals surface area (Å²) in [5.74, 6) is -1.75. The van der Waals surface area contributed by atoms with E-state index in [1.165, 1.54) is 5.56 Å². The first-order chi connectivity index (χ1) is 21.5. The van der Waals surface area contributed by atoms with Crippen LogP contribution in [0.15, 0.2) is 43.5 Å². The van der Waals surface area contributed by atoms with Crippen molar-refractivity contribution in [1.82, 2.24) is 0 Å². The van der Waals surface area contributed by atoms with Crippen LogP contribution in [0.2, 0.25) is 0 Å². The summed E-state index contributed by atoms with van der Waals surface area (Å²) in [6, 6.07) is 8.22. The minimum Gasteiger partial charge on any atom is -0.481 e. The summed E-state index contributed by atoms with van der Waals surface area (Å²) < 4.78 is 4.97. The molecule has 12 heteroatoms. The maximum Gasteiger partial charge on any atom is 0.316 e. The molecule has 7 N–H and O–H groups in total. The molecule has 0 aromatic heterocycles. The Kier molecular flexibility index (Phi) is 25.2. The van der Waals surface area contributed by atoms with E-state index < -0.39 is 49.2 Å². The predicted octanol–water partition coefficient (Wildman–Crippen LogP) is 2.53. The second kappa shape index (κ2) is 25.5. The van der Waals surface area contributed by atoms with E-state index in [0.29, 0.717) is 26.1 Å². The number of aliphatic hydroxyl groups excluding tert-OH is 6. The minimum atomic E-state index is -1.35. The molecule has 0 bridgehead atoms. The van der Waals surface area contributed by atoms with Crippen molar-refractivity contribution in [3.63, 3.8) is 0 Å². The molecule has 0 atom stereocenters. The Bertz CT molecular complexity index is 895. The second-order valence-corrected chi connectivity index (χ2v) is 10.7. The maximum atomic E-state index is 11.7. The maximum absolute atomic E-state index is 11.7. The number of carbonyl (C=O) groups excluding carboxylic acids is 1. The Morgan fingerprint density at radius 1 is 0.756 bits per heavy atom. The highest BCUT2D eigenvalue weighted by Crippen LogP contribution is 2.27. The molecule has 12 nitrogen and oxygen atoms in total. The first kappa shape index (κ1) is 44.4. The first-order valence-corrected chi connectivity index (χ1v) is 15.1. The molecule has 0 fully saturated rings. The summed E-state index contributed by atoms with van der Waals surface area (Å²) in [7, 11) is 0. The third kappa shape index (κ3) is 15.9. The zero-order valence-corrected chi connectivity index (χ0v) is 27.2. The number of rotatable bonds is 22. The second-order valence-electron chi connectivity index (χ2n) is 10.7. The van der Waals surface area contributed by atoms with Gasteiger partial charge >= 0.3 is 11.9 Å². The highest BCUT2D eigenvalue weighted by atomic mass is 17.2. The summed E-state index contributed by atoms with van der Waals surface area (Å²) in [6.07, 6.45) is 6.88. The van der Waals surface area contributed by atoms with E-state index in [4.69, 9.17) is 35.2 Å². The third-order valence-corrected chi connectivity index (χ3v) is 7.91. The summed E-state index contributed by atoms with van der Waals surface area (Å²) in [5, 5.41) is 62.7. The van der Waals surface area contributed by atoms with Gasteiger partial charge in [-0.3, -0.25) is 9.59 Å². The molecule has 0 unspecified atom stereocenters. The van der Waals surface area contributed by atoms with Gasteiger partial charge in [-0.15, -0.1) is 6.58 Å². The number of esters is 1. The first-order valence-electron chi connectivity index (χ1n) is 15.1. The van der Waals surface area contributed by atoms with Crippen LogP contribution < -0.4 is 0 Å². The number of hydrogen-bond donors (Lipinski definition) is 7. The molecule has 0 saturated carbocycles. The number of aryl methyl sites for hydroxylation is 1. The van der Waals surface area contributed by atoms with Crippen LogP contribution in [0.4, 0.5) is 0 Å². The molecule has 1 rings (SSSR count). The summed E-state index contributed by atoms with van der Waals surface area (Å²) in [4.78, 5) is 31.5. The molecule has 260 valence electrons. The molecule has 0 aliphatic rings. The molecule has 1 aromatic carbocycles. The van der Waals surface area contributed by atoms with E-state index in [9.17, 15) is 19.8 Å². The van der Waals surface area contributed by atoms with Gasteiger partial charge in [0, 0.05) is 11.8 Å². The number of ether oxygens (including phenoxy) is 1. The lowest BCUT2D eigenvalue weighted by Gasteiger charge is -2.28. The Morgan fingerprint density at radius 3 is 1.64 bits per heavy atom. The van der Waals surface area contributed by atoms with Crippen molar-refractivity contribution in [2.45, 2.75) is 59.3 Å². The van der Waals surface area contributed by atoms with E-state index in [0.717, 1.165) is 24.8 Å². The Labute approximate surface area is 267 Å². The fourth-order valence-corrected chi connectivity index (χ4v) is 3.54. The third-order valence-electron chi connectivity index (χ3n) is 7.91. The van der Waals surface area contributed by atoms with E-state index in [-0.39, 0.29) is 31.7 Å². The average molecular weight is 645 g/mol. The van der Waals surface area contributed by atoms with E-state index in [2.05, 4.69) is 30.2 Å². The van der Waals surface area contributed by atoms with Crippen LogP contribution in [-0.4, -0.2) is 107 Å². The van der Waals surface area contributed by atoms with Crippen LogP contribution in [0.5, 0.6) is 0 Å². The van der Waals surface area contributed by atoms with Crippen molar-refractivity contribution in [1.29, 1.82) is 0 Å². The quantitative estimate of drug-likeness (QED) is 0.0320. The lowest BCUT2D eigenvalue weighted by atomic mass is 9.81. The molecular formula is C33H56O12. The molecule has 0 aliphatic carbocycles. The van der Waals surface area contributed by atoms with Gasteiger partial charge in [-0.05, 0) is 43.2 Å². The molecule has 45 heavy (non-hydrogen) atoms. The molecule has 0 saturated heterocycles. The largest absolute Gasteiger partial charge is 0.481 e. The van der Waals surface area contributed by atoms with Crippen LogP contribution in [-0.2, 0) is 30.5 Å². The number of aliphatic hydroxyl groups is 6. The van der Waals surface area contributed by atoms with Gasteiger partial charge in [0.15, 0.2) is 0 Å². The normalized spacial score (nSPS) is 11.4. The summed E-state index contributed by atoms with van der Waals surface area (Å²) in [6.45, 7) is 11.4. The van der Waals surface area contributed by atoms with Gasteiger partial charge in [0.25, 0.3) is 0 Å². The van der Waals surface area contributed by atoms with Crippen LogP contribution in [0, 0.1) is 16.2 Å². The zero-order chi connectivity index (χ0) is 34.8. The molecule has 0 amide bonds. The molecule has 0 radical (unpaired) electrons. The molecule has 0 aliphatic heterocycles. The van der Waals surface area contributed by atoms with Crippen molar-refractivity contribution in [3.8, 4) is 0 Å². The lowest BCUT2D eigenvalue weighted by molar-refractivity contribution is -0.287. The Morgan fingerprint density at radius 2 is 1.29 bits per heavy atom. The summed E-state index contributed by atoms with van der Waals surface area (Å²) >= 11 is 0. The fraction of sp³-hybridized carbons (Fsp3) is 0.636. The highest BCUT2D eigenvalue weighted by Gasteiger charge is 2.37. The van der Waals surface area contributed by atoms with Crippen LogP contribution >= 0.6 is 0 Å². The van der Waals surface area contributed by atoms with Crippen LogP contribution in [0.25, 0.3) is 6.08 Å². The number of carbonyl (C=O) groups is 2. The predicted molar refractivity (Wildman–Crippen MR) is 171 cm³/mol. The SMILES string of the molecule is C=CCOOCCCOC(=O)C(CC)(CO)CO.C=Cc1ccc(CCC(CC)(CO)CO)cc1.CCC(CO)(CO)C(=O)O. The number of hydrogen-bond acceptors (Lipinski definition) is 11. The van der Waals surface area contributed by atoms with Crippen molar-refractivity contribution in [3.05, 3.63) is 54.6 Å². The smallest absolute Gasteiger partial charge is 0.316 e. The monoisotopic (exact) mass is 644 g/mol. The van der Waals surface area contributed by atoms with E-state index in [1.807, 2.05) is 25.1 Å². The van der Waals surface area contributed by atoms with E-state index >= 15 is 0 Å². The highest BCUT2D eigenvalue weighted by molar-refractivity contribution is 5.77.